The minimum Gasteiger partial charge on any atom is -0.548 e. The maximum absolute atomic E-state index is 11.0. The summed E-state index contributed by atoms with van der Waals surface area (Å²) in [6.07, 6.45) is 0.589. The van der Waals surface area contributed by atoms with Crippen LogP contribution >= 0.6 is 0 Å². The Bertz CT molecular complexity index is 181. The van der Waals surface area contributed by atoms with Gasteiger partial charge in [0.15, 0.2) is 6.04 Å². The van der Waals surface area contributed by atoms with Crippen LogP contribution in [0.15, 0.2) is 0 Å². The lowest BCUT2D eigenvalue weighted by atomic mass is 10.2. The van der Waals surface area contributed by atoms with Crippen molar-refractivity contribution in [1.82, 2.24) is 5.32 Å². The first-order valence-electron chi connectivity index (χ1n) is 3.83. The molecule has 0 radical (unpaired) electrons. The monoisotopic (exact) mass is 174 g/mol. The van der Waals surface area contributed by atoms with Crippen LogP contribution in [0.4, 0.5) is 0 Å². The fourth-order valence-electron chi connectivity index (χ4n) is 0.576. The Kier molecular flexibility index (Phi) is 4.28. The van der Waals surface area contributed by atoms with Crippen molar-refractivity contribution in [2.75, 3.05) is 0 Å². The molecule has 1 amide bonds. The van der Waals surface area contributed by atoms with E-state index in [-0.39, 0.29) is 5.91 Å². The first kappa shape index (κ1) is 10.9. The number of carboxylic acid groups (broad SMARTS) is 1. The lowest BCUT2D eigenvalue weighted by Gasteiger charge is -2.15. The molecule has 12 heavy (non-hydrogen) atoms. The van der Waals surface area contributed by atoms with Crippen LogP contribution in [0.25, 0.3) is 0 Å². The molecule has 0 unspecified atom stereocenters. The van der Waals surface area contributed by atoms with E-state index in [0.717, 1.165) is 0 Å². The average molecular weight is 174 g/mol. The number of rotatable bonds is 4. The molecule has 5 nitrogen and oxygen atoms in total. The van der Waals surface area contributed by atoms with Gasteiger partial charge in [0, 0.05) is 6.42 Å². The van der Waals surface area contributed by atoms with Gasteiger partial charge in [-0.25, -0.2) is 0 Å². The summed E-state index contributed by atoms with van der Waals surface area (Å²) in [5.74, 6) is -1.64. The Labute approximate surface area is 70.9 Å². The molecule has 2 atom stereocenters. The van der Waals surface area contributed by atoms with Crippen molar-refractivity contribution in [3.05, 3.63) is 0 Å². The number of amides is 1. The normalized spacial score (nSPS) is 14.9. The van der Waals surface area contributed by atoms with Crippen LogP contribution in [0.1, 0.15) is 20.3 Å². The Balaban J connectivity index is 3.92. The molecule has 0 saturated carbocycles. The highest BCUT2D eigenvalue weighted by Crippen LogP contribution is 1.85. The molecule has 0 rings (SSSR count). The third-order valence-corrected chi connectivity index (χ3v) is 1.58. The average Bonchev–Trinajstić information content (AvgIpc) is 2.02. The predicted molar refractivity (Wildman–Crippen MR) is 39.6 cm³/mol. The standard InChI is InChI=1S/C7H14N2O3/c1-3-5(8)6(10)9-4(2)7(11)12/h4-5H,3,8H2,1-2H3,(H,9,10)(H,11,12)/t4-,5-/m0/s1. The van der Waals surface area contributed by atoms with Gasteiger partial charge in [0.2, 0.25) is 0 Å². The molecule has 0 aromatic heterocycles. The Morgan fingerprint density at radius 1 is 1.58 bits per heavy atom. The molecule has 70 valence electrons. The zero-order chi connectivity index (χ0) is 9.72. The van der Waals surface area contributed by atoms with E-state index in [2.05, 4.69) is 11.1 Å². The smallest absolute Gasteiger partial charge is 0.278 e. The lowest BCUT2D eigenvalue weighted by Crippen LogP contribution is -2.68. The van der Waals surface area contributed by atoms with Crippen molar-refractivity contribution in [1.29, 1.82) is 0 Å². The molecule has 5 heteroatoms. The van der Waals surface area contributed by atoms with Gasteiger partial charge in [0.05, 0.1) is 12.0 Å². The molecule has 0 spiro atoms. The van der Waals surface area contributed by atoms with Gasteiger partial charge in [0.1, 0.15) is 0 Å². The van der Waals surface area contributed by atoms with Crippen molar-refractivity contribution >= 4 is 11.9 Å². The number of carboxylic acids is 1. The van der Waals surface area contributed by atoms with Gasteiger partial charge < -0.3 is 21.0 Å². The van der Waals surface area contributed by atoms with Gasteiger partial charge in [-0.2, -0.15) is 0 Å². The zero-order valence-corrected chi connectivity index (χ0v) is 7.29. The van der Waals surface area contributed by atoms with E-state index in [1.807, 2.05) is 0 Å². The quantitative estimate of drug-likeness (QED) is 0.484. The summed E-state index contributed by atoms with van der Waals surface area (Å²) in [5.41, 5.74) is 3.54. The largest absolute Gasteiger partial charge is 0.548 e. The molecule has 0 aliphatic heterocycles. The van der Waals surface area contributed by atoms with Crippen LogP contribution in [0.5, 0.6) is 0 Å². The molecular weight excluding hydrogens is 160 g/mol. The summed E-state index contributed by atoms with van der Waals surface area (Å²) in [6, 6.07) is -1.35. The predicted octanol–water partition coefficient (Wildman–Crippen LogP) is -2.74. The minimum atomic E-state index is -1.29. The van der Waals surface area contributed by atoms with Crippen LogP contribution in [-0.4, -0.2) is 24.0 Å². The van der Waals surface area contributed by atoms with Crippen LogP contribution in [0, 0.1) is 0 Å². The second kappa shape index (κ2) is 4.71. The van der Waals surface area contributed by atoms with E-state index in [0.29, 0.717) is 6.42 Å². The van der Waals surface area contributed by atoms with E-state index in [1.54, 1.807) is 6.92 Å². The summed E-state index contributed by atoms with van der Waals surface area (Å²) in [7, 11) is 0. The van der Waals surface area contributed by atoms with Gasteiger partial charge in [-0.1, -0.05) is 6.92 Å². The highest BCUT2D eigenvalue weighted by atomic mass is 16.4. The number of carbonyl (C=O) groups is 2. The molecule has 0 aliphatic rings. The minimum absolute atomic E-state index is 0.353. The van der Waals surface area contributed by atoms with Crippen LogP contribution < -0.4 is 16.2 Å². The van der Waals surface area contributed by atoms with Gasteiger partial charge >= 0.3 is 0 Å². The second-order valence-electron chi connectivity index (χ2n) is 2.65. The second-order valence-corrected chi connectivity index (χ2v) is 2.65. The number of hydrogen-bond donors (Lipinski definition) is 2. The van der Waals surface area contributed by atoms with Crippen molar-refractivity contribution in [2.45, 2.75) is 32.4 Å². The SMILES string of the molecule is CC[C@H]([NH3+])C(=O)N[C@@H](C)C(=O)[O-]. The summed E-state index contributed by atoms with van der Waals surface area (Å²) in [5, 5.41) is 12.5. The van der Waals surface area contributed by atoms with Crippen LogP contribution in [0.3, 0.4) is 0 Å². The molecule has 0 saturated heterocycles. The van der Waals surface area contributed by atoms with Crippen molar-refractivity contribution < 1.29 is 20.4 Å². The summed E-state index contributed by atoms with van der Waals surface area (Å²) >= 11 is 0. The van der Waals surface area contributed by atoms with Gasteiger partial charge in [-0.15, -0.1) is 0 Å². The van der Waals surface area contributed by atoms with E-state index >= 15 is 0 Å². The van der Waals surface area contributed by atoms with Crippen LogP contribution in [0.2, 0.25) is 0 Å². The lowest BCUT2D eigenvalue weighted by molar-refractivity contribution is -0.404. The maximum Gasteiger partial charge on any atom is 0.278 e. The van der Waals surface area contributed by atoms with Crippen molar-refractivity contribution in [3.63, 3.8) is 0 Å². The molecule has 0 aromatic carbocycles. The van der Waals surface area contributed by atoms with Crippen molar-refractivity contribution in [2.24, 2.45) is 0 Å². The number of hydrogen-bond acceptors (Lipinski definition) is 3. The topological polar surface area (TPSA) is 96.9 Å². The zero-order valence-electron chi connectivity index (χ0n) is 7.29. The first-order valence-corrected chi connectivity index (χ1v) is 3.83. The van der Waals surface area contributed by atoms with E-state index < -0.39 is 18.1 Å². The summed E-state index contributed by atoms with van der Waals surface area (Å²) in [4.78, 5) is 21.2. The Morgan fingerprint density at radius 2 is 2.08 bits per heavy atom. The number of nitrogens with one attached hydrogen (secondary N) is 1. The fourth-order valence-corrected chi connectivity index (χ4v) is 0.576. The highest BCUT2D eigenvalue weighted by molar-refractivity contribution is 5.84. The Morgan fingerprint density at radius 3 is 2.42 bits per heavy atom. The molecule has 0 aliphatic carbocycles. The maximum atomic E-state index is 11.0. The summed E-state index contributed by atoms with van der Waals surface area (Å²) in [6.45, 7) is 3.16. The number of quaternary nitrogens is 1. The highest BCUT2D eigenvalue weighted by Gasteiger charge is 2.16. The fraction of sp³-hybridized carbons (Fsp3) is 0.714. The van der Waals surface area contributed by atoms with Gasteiger partial charge in [0.25, 0.3) is 5.91 Å². The van der Waals surface area contributed by atoms with Crippen LogP contribution in [-0.2, 0) is 9.59 Å². The first-order chi connectivity index (χ1) is 5.49. The molecule has 0 bridgehead atoms. The van der Waals surface area contributed by atoms with E-state index in [9.17, 15) is 14.7 Å². The molecule has 0 aromatic rings. The van der Waals surface area contributed by atoms with E-state index in [4.69, 9.17) is 0 Å². The summed E-state index contributed by atoms with van der Waals surface area (Å²) < 4.78 is 0. The third kappa shape index (κ3) is 3.34. The molecule has 4 N–H and O–H groups in total. The van der Waals surface area contributed by atoms with Gasteiger partial charge in [-0.05, 0) is 6.92 Å². The third-order valence-electron chi connectivity index (χ3n) is 1.58. The van der Waals surface area contributed by atoms with Gasteiger partial charge in [-0.3, -0.25) is 4.79 Å². The van der Waals surface area contributed by atoms with E-state index in [1.165, 1.54) is 6.92 Å². The Hall–Kier alpha value is -1.10. The van der Waals surface area contributed by atoms with Crippen molar-refractivity contribution in [3.8, 4) is 0 Å². The number of carbonyl (C=O) groups excluding carboxylic acids is 2. The molecule has 0 heterocycles. The molecule has 0 fully saturated rings. The molecular formula is C7H14N2O3. The number of aliphatic carboxylic acids is 1.